The smallest absolute Gasteiger partial charge is 0.253 e. The lowest BCUT2D eigenvalue weighted by atomic mass is 10.1. The van der Waals surface area contributed by atoms with E-state index in [2.05, 4.69) is 4.90 Å². The van der Waals surface area contributed by atoms with Crippen molar-refractivity contribution in [3.05, 3.63) is 53.6 Å². The van der Waals surface area contributed by atoms with Crippen LogP contribution >= 0.6 is 0 Å². The van der Waals surface area contributed by atoms with Crippen molar-refractivity contribution in [3.63, 3.8) is 0 Å². The number of carbonyl (C=O) groups is 1. The minimum atomic E-state index is -3.06. The lowest BCUT2D eigenvalue weighted by molar-refractivity contribution is 0.0724. The number of fused-ring (bicyclic) bond motifs is 1. The van der Waals surface area contributed by atoms with Gasteiger partial charge in [-0.25, -0.2) is 8.42 Å². The molecule has 1 saturated heterocycles. The van der Waals surface area contributed by atoms with E-state index in [9.17, 15) is 13.2 Å². The average Bonchev–Trinajstić information content (AvgIpc) is 2.72. The third-order valence-electron chi connectivity index (χ3n) is 5.39. The number of carbonyl (C=O) groups excluding carboxylic acids is 1. The number of ether oxygens (including phenoxy) is 1. The fourth-order valence-electron chi connectivity index (χ4n) is 3.98. The molecule has 0 unspecified atom stereocenters. The maximum absolute atomic E-state index is 12.8. The highest BCUT2D eigenvalue weighted by Gasteiger charge is 2.24. The van der Waals surface area contributed by atoms with Gasteiger partial charge >= 0.3 is 0 Å². The first-order valence-corrected chi connectivity index (χ1v) is 12.1. The van der Waals surface area contributed by atoms with Crippen molar-refractivity contribution in [2.75, 3.05) is 37.4 Å². The van der Waals surface area contributed by atoms with Crippen LogP contribution in [0.15, 0.2) is 42.5 Å². The molecule has 154 valence electrons. The van der Waals surface area contributed by atoms with Crippen molar-refractivity contribution < 1.29 is 17.9 Å². The topological polar surface area (TPSA) is 66.9 Å². The van der Waals surface area contributed by atoms with E-state index in [1.165, 1.54) is 12.7 Å². The lowest BCUT2D eigenvalue weighted by Crippen LogP contribution is -2.35. The molecule has 7 heteroatoms. The summed E-state index contributed by atoms with van der Waals surface area (Å²) in [7, 11) is -3.06. The molecule has 6 nitrogen and oxygen atoms in total. The zero-order valence-corrected chi connectivity index (χ0v) is 17.5. The highest BCUT2D eigenvalue weighted by atomic mass is 32.2. The Kier molecular flexibility index (Phi) is 5.50. The van der Waals surface area contributed by atoms with Gasteiger partial charge < -0.3 is 14.5 Å². The molecular formula is C22H26N2O4S. The summed E-state index contributed by atoms with van der Waals surface area (Å²) < 4.78 is 28.8. The van der Waals surface area contributed by atoms with Gasteiger partial charge in [0.1, 0.15) is 12.4 Å². The molecule has 1 fully saturated rings. The van der Waals surface area contributed by atoms with E-state index in [-0.39, 0.29) is 11.7 Å². The predicted octanol–water partition coefficient (Wildman–Crippen LogP) is 3.39. The number of anilines is 2. The van der Waals surface area contributed by atoms with Gasteiger partial charge in [0.2, 0.25) is 0 Å². The van der Waals surface area contributed by atoms with Crippen LogP contribution in [0.3, 0.4) is 0 Å². The summed E-state index contributed by atoms with van der Waals surface area (Å²) in [6.07, 6.45) is 4.56. The van der Waals surface area contributed by atoms with Crippen LogP contribution in [0.4, 0.5) is 11.4 Å². The second kappa shape index (κ2) is 8.06. The Morgan fingerprint density at radius 1 is 1.00 bits per heavy atom. The summed E-state index contributed by atoms with van der Waals surface area (Å²) in [5, 5.41) is 0. The number of hydrogen-bond donors (Lipinski definition) is 0. The quantitative estimate of drug-likeness (QED) is 0.767. The number of piperidine rings is 1. The highest BCUT2D eigenvalue weighted by molar-refractivity contribution is 7.89. The van der Waals surface area contributed by atoms with Gasteiger partial charge in [0.05, 0.1) is 18.0 Å². The monoisotopic (exact) mass is 414 g/mol. The number of likely N-dealkylation sites (tertiary alicyclic amines) is 1. The minimum Gasteiger partial charge on any atom is -0.490 e. The molecule has 2 aliphatic heterocycles. The molecule has 0 N–H and O–H groups in total. The van der Waals surface area contributed by atoms with Crippen molar-refractivity contribution in [1.82, 2.24) is 4.90 Å². The first-order chi connectivity index (χ1) is 13.9. The van der Waals surface area contributed by atoms with Crippen molar-refractivity contribution in [2.45, 2.75) is 25.0 Å². The van der Waals surface area contributed by atoms with Gasteiger partial charge in [-0.1, -0.05) is 12.1 Å². The Balaban J connectivity index is 1.56. The van der Waals surface area contributed by atoms with Gasteiger partial charge in [-0.3, -0.25) is 4.79 Å². The number of sulfone groups is 1. The molecule has 0 aromatic heterocycles. The summed E-state index contributed by atoms with van der Waals surface area (Å²) in [6, 6.07) is 13.2. The molecule has 2 aliphatic rings. The SMILES string of the molecule is CS(=O)(=O)Cc1ccc(N2CCOc3cc(C(=O)N4CCCCC4)ccc32)cc1. The van der Waals surface area contributed by atoms with Crippen LogP contribution in [0.2, 0.25) is 0 Å². The van der Waals surface area contributed by atoms with Gasteiger partial charge in [0.15, 0.2) is 9.84 Å². The molecule has 0 atom stereocenters. The summed E-state index contributed by atoms with van der Waals surface area (Å²) in [6.45, 7) is 2.86. The Hall–Kier alpha value is -2.54. The van der Waals surface area contributed by atoms with E-state index in [1.807, 2.05) is 47.4 Å². The standard InChI is InChI=1S/C22H26N2O4S/c1-29(26,27)16-17-5-8-19(9-6-17)24-13-14-28-21-15-18(7-10-20(21)24)22(25)23-11-3-2-4-12-23/h5-10,15H,2-4,11-14,16H2,1H3. The molecule has 2 aromatic rings. The first kappa shape index (κ1) is 19.8. The number of hydrogen-bond acceptors (Lipinski definition) is 5. The normalized spacial score (nSPS) is 16.9. The maximum atomic E-state index is 12.8. The zero-order valence-electron chi connectivity index (χ0n) is 16.6. The molecule has 0 spiro atoms. The highest BCUT2D eigenvalue weighted by Crippen LogP contribution is 2.37. The minimum absolute atomic E-state index is 0.0367. The van der Waals surface area contributed by atoms with E-state index in [1.54, 1.807) is 0 Å². The van der Waals surface area contributed by atoms with Gasteiger partial charge in [0.25, 0.3) is 5.91 Å². The average molecular weight is 415 g/mol. The predicted molar refractivity (Wildman–Crippen MR) is 114 cm³/mol. The number of amides is 1. The van der Waals surface area contributed by atoms with Crippen molar-refractivity contribution in [1.29, 1.82) is 0 Å². The van der Waals surface area contributed by atoms with Crippen molar-refractivity contribution in [3.8, 4) is 5.75 Å². The lowest BCUT2D eigenvalue weighted by Gasteiger charge is -2.32. The molecule has 1 amide bonds. The number of benzene rings is 2. The molecule has 0 aliphatic carbocycles. The zero-order chi connectivity index (χ0) is 20.4. The van der Waals surface area contributed by atoms with Crippen LogP contribution in [-0.2, 0) is 15.6 Å². The van der Waals surface area contributed by atoms with Crippen LogP contribution in [-0.4, -0.2) is 51.7 Å². The van der Waals surface area contributed by atoms with Gasteiger partial charge in [-0.15, -0.1) is 0 Å². The number of rotatable bonds is 4. The van der Waals surface area contributed by atoms with Gasteiger partial charge in [-0.05, 0) is 55.2 Å². The number of nitrogens with zero attached hydrogens (tertiary/aromatic N) is 2. The molecule has 0 radical (unpaired) electrons. The largest absolute Gasteiger partial charge is 0.490 e. The fraction of sp³-hybridized carbons (Fsp3) is 0.409. The Bertz CT molecular complexity index is 996. The molecule has 29 heavy (non-hydrogen) atoms. The Morgan fingerprint density at radius 2 is 1.72 bits per heavy atom. The molecule has 0 bridgehead atoms. The van der Waals surface area contributed by atoms with Crippen LogP contribution in [0.5, 0.6) is 5.75 Å². The van der Waals surface area contributed by atoms with E-state index < -0.39 is 9.84 Å². The van der Waals surface area contributed by atoms with Crippen molar-refractivity contribution in [2.24, 2.45) is 0 Å². The maximum Gasteiger partial charge on any atom is 0.253 e. The second-order valence-corrected chi connectivity index (χ2v) is 9.91. The molecule has 4 rings (SSSR count). The molecular weight excluding hydrogens is 388 g/mol. The van der Waals surface area contributed by atoms with Crippen LogP contribution in [0, 0.1) is 0 Å². The molecule has 2 heterocycles. The Labute approximate surface area is 172 Å². The van der Waals surface area contributed by atoms with Crippen molar-refractivity contribution >= 4 is 27.1 Å². The van der Waals surface area contributed by atoms with Gasteiger partial charge in [0, 0.05) is 30.6 Å². The van der Waals surface area contributed by atoms with E-state index >= 15 is 0 Å². The second-order valence-electron chi connectivity index (χ2n) is 7.77. The van der Waals surface area contributed by atoms with Crippen LogP contribution in [0.1, 0.15) is 35.2 Å². The van der Waals surface area contributed by atoms with Crippen LogP contribution < -0.4 is 9.64 Å². The van der Waals surface area contributed by atoms with Gasteiger partial charge in [-0.2, -0.15) is 0 Å². The summed E-state index contributed by atoms with van der Waals surface area (Å²) in [5.74, 6) is 0.812. The molecule has 2 aromatic carbocycles. The van der Waals surface area contributed by atoms with E-state index in [0.717, 1.165) is 42.9 Å². The summed E-state index contributed by atoms with van der Waals surface area (Å²) in [4.78, 5) is 16.9. The van der Waals surface area contributed by atoms with E-state index in [0.29, 0.717) is 24.5 Å². The molecule has 0 saturated carbocycles. The van der Waals surface area contributed by atoms with Crippen LogP contribution in [0.25, 0.3) is 0 Å². The Morgan fingerprint density at radius 3 is 2.41 bits per heavy atom. The fourth-order valence-corrected chi connectivity index (χ4v) is 4.77. The third kappa shape index (κ3) is 4.56. The van der Waals surface area contributed by atoms with E-state index in [4.69, 9.17) is 4.74 Å². The first-order valence-electron chi connectivity index (χ1n) is 10.0. The third-order valence-corrected chi connectivity index (χ3v) is 6.25. The summed E-state index contributed by atoms with van der Waals surface area (Å²) >= 11 is 0. The summed E-state index contributed by atoms with van der Waals surface area (Å²) in [5.41, 5.74) is 3.33.